The maximum Gasteiger partial charge on any atom is 0.256 e. The van der Waals surface area contributed by atoms with Gasteiger partial charge in [-0.3, -0.25) is 9.59 Å². The summed E-state index contributed by atoms with van der Waals surface area (Å²) in [6.07, 6.45) is 3.22. The van der Waals surface area contributed by atoms with Crippen LogP contribution in [-0.2, 0) is 4.79 Å². The SMILES string of the molecule is O=C1CSc2ccc(C(=O)Nc3ccnc4ccnn34)cc2N1. The fraction of sp³-hybridized carbons (Fsp3) is 0.0667. The van der Waals surface area contributed by atoms with E-state index in [0.29, 0.717) is 28.5 Å². The Morgan fingerprint density at radius 1 is 1.26 bits per heavy atom. The molecule has 0 aliphatic carbocycles. The number of hydrogen-bond acceptors (Lipinski definition) is 5. The van der Waals surface area contributed by atoms with Gasteiger partial charge >= 0.3 is 0 Å². The van der Waals surface area contributed by atoms with Crippen LogP contribution in [0.2, 0.25) is 0 Å². The Morgan fingerprint density at radius 3 is 3.09 bits per heavy atom. The molecule has 114 valence electrons. The molecule has 1 aromatic carbocycles. The highest BCUT2D eigenvalue weighted by molar-refractivity contribution is 8.00. The summed E-state index contributed by atoms with van der Waals surface area (Å²) in [5.74, 6) is 0.585. The third kappa shape index (κ3) is 2.53. The predicted molar refractivity (Wildman–Crippen MR) is 86.7 cm³/mol. The van der Waals surface area contributed by atoms with E-state index >= 15 is 0 Å². The summed E-state index contributed by atoms with van der Waals surface area (Å²) in [7, 11) is 0. The normalized spacial score (nSPS) is 13.5. The van der Waals surface area contributed by atoms with Crippen LogP contribution in [0.3, 0.4) is 0 Å². The zero-order chi connectivity index (χ0) is 15.8. The average molecular weight is 325 g/mol. The molecule has 3 heterocycles. The van der Waals surface area contributed by atoms with Crippen molar-refractivity contribution in [2.24, 2.45) is 0 Å². The molecule has 7 nitrogen and oxygen atoms in total. The second-order valence-electron chi connectivity index (χ2n) is 4.93. The Bertz CT molecular complexity index is 937. The van der Waals surface area contributed by atoms with Crippen LogP contribution in [-0.4, -0.2) is 32.2 Å². The van der Waals surface area contributed by atoms with Gasteiger partial charge < -0.3 is 10.6 Å². The van der Waals surface area contributed by atoms with E-state index in [1.54, 1.807) is 41.2 Å². The second kappa shape index (κ2) is 5.40. The second-order valence-corrected chi connectivity index (χ2v) is 5.95. The summed E-state index contributed by atoms with van der Waals surface area (Å²) in [6.45, 7) is 0. The number of rotatable bonds is 2. The highest BCUT2D eigenvalue weighted by Crippen LogP contribution is 2.32. The summed E-state index contributed by atoms with van der Waals surface area (Å²) in [5, 5.41) is 9.71. The minimum absolute atomic E-state index is 0.0626. The first-order chi connectivity index (χ1) is 11.2. The van der Waals surface area contributed by atoms with Crippen LogP contribution >= 0.6 is 11.8 Å². The predicted octanol–water partition coefficient (Wildman–Crippen LogP) is 2.03. The van der Waals surface area contributed by atoms with Crippen LogP contribution in [0.5, 0.6) is 0 Å². The third-order valence-electron chi connectivity index (χ3n) is 3.41. The molecule has 0 saturated heterocycles. The molecule has 0 spiro atoms. The molecule has 0 bridgehead atoms. The van der Waals surface area contributed by atoms with Crippen LogP contribution in [0.1, 0.15) is 10.4 Å². The number of benzene rings is 1. The van der Waals surface area contributed by atoms with Crippen molar-refractivity contribution in [2.45, 2.75) is 4.90 Å². The molecule has 0 unspecified atom stereocenters. The number of amides is 2. The molecule has 1 aliphatic heterocycles. The number of aromatic nitrogens is 3. The van der Waals surface area contributed by atoms with E-state index in [0.717, 1.165) is 4.90 Å². The van der Waals surface area contributed by atoms with Gasteiger partial charge in [0.1, 0.15) is 5.82 Å². The van der Waals surface area contributed by atoms with E-state index < -0.39 is 0 Å². The number of carbonyl (C=O) groups is 2. The molecule has 0 saturated carbocycles. The quantitative estimate of drug-likeness (QED) is 0.752. The van der Waals surface area contributed by atoms with Crippen LogP contribution in [0.15, 0.2) is 47.6 Å². The van der Waals surface area contributed by atoms with Gasteiger partial charge in [0.05, 0.1) is 17.6 Å². The zero-order valence-electron chi connectivity index (χ0n) is 11.8. The number of hydrogen-bond donors (Lipinski definition) is 2. The lowest BCUT2D eigenvalue weighted by atomic mass is 10.2. The van der Waals surface area contributed by atoms with E-state index in [1.165, 1.54) is 11.8 Å². The third-order valence-corrected chi connectivity index (χ3v) is 4.48. The molecule has 2 amide bonds. The molecule has 23 heavy (non-hydrogen) atoms. The summed E-state index contributed by atoms with van der Waals surface area (Å²) in [6, 6.07) is 8.68. The number of carbonyl (C=O) groups excluding carboxylic acids is 2. The highest BCUT2D eigenvalue weighted by Gasteiger charge is 2.17. The van der Waals surface area contributed by atoms with Gasteiger partial charge in [0.15, 0.2) is 5.65 Å². The number of nitrogens with one attached hydrogen (secondary N) is 2. The van der Waals surface area contributed by atoms with Gasteiger partial charge in [-0.2, -0.15) is 9.61 Å². The smallest absolute Gasteiger partial charge is 0.256 e. The van der Waals surface area contributed by atoms with Gasteiger partial charge in [0.2, 0.25) is 5.91 Å². The Labute approximate surface area is 135 Å². The minimum atomic E-state index is -0.277. The Balaban J connectivity index is 1.63. The summed E-state index contributed by atoms with van der Waals surface area (Å²) >= 11 is 1.46. The molecular weight excluding hydrogens is 314 g/mol. The van der Waals surface area contributed by atoms with Gasteiger partial charge in [-0.1, -0.05) is 0 Å². The molecule has 2 aromatic heterocycles. The number of fused-ring (bicyclic) bond motifs is 2. The summed E-state index contributed by atoms with van der Waals surface area (Å²) in [5.41, 5.74) is 1.78. The lowest BCUT2D eigenvalue weighted by molar-refractivity contribution is -0.113. The van der Waals surface area contributed by atoms with E-state index in [9.17, 15) is 9.59 Å². The van der Waals surface area contributed by atoms with Crippen molar-refractivity contribution in [3.05, 3.63) is 48.3 Å². The van der Waals surface area contributed by atoms with E-state index in [-0.39, 0.29) is 11.8 Å². The molecule has 3 aromatic rings. The van der Waals surface area contributed by atoms with Crippen LogP contribution in [0.4, 0.5) is 11.5 Å². The maximum absolute atomic E-state index is 12.5. The average Bonchev–Trinajstić information content (AvgIpc) is 3.03. The first kappa shape index (κ1) is 13.8. The topological polar surface area (TPSA) is 88.4 Å². The first-order valence-corrected chi connectivity index (χ1v) is 7.86. The van der Waals surface area contributed by atoms with Crippen LogP contribution in [0.25, 0.3) is 5.65 Å². The van der Waals surface area contributed by atoms with Crippen molar-refractivity contribution in [3.63, 3.8) is 0 Å². The van der Waals surface area contributed by atoms with Gasteiger partial charge in [0.25, 0.3) is 5.91 Å². The lowest BCUT2D eigenvalue weighted by Crippen LogP contribution is -2.20. The molecule has 0 fully saturated rings. The van der Waals surface area contributed by atoms with Crippen LogP contribution < -0.4 is 10.6 Å². The molecule has 0 radical (unpaired) electrons. The van der Waals surface area contributed by atoms with Gasteiger partial charge in [-0.25, -0.2) is 4.98 Å². The van der Waals surface area contributed by atoms with Crippen molar-refractivity contribution >= 4 is 40.7 Å². The molecular formula is C15H11N5O2S. The monoisotopic (exact) mass is 325 g/mol. The molecule has 0 atom stereocenters. The number of anilines is 2. The number of nitrogens with zero attached hydrogens (tertiary/aromatic N) is 3. The lowest BCUT2D eigenvalue weighted by Gasteiger charge is -2.17. The molecule has 2 N–H and O–H groups in total. The van der Waals surface area contributed by atoms with Crippen molar-refractivity contribution in [2.75, 3.05) is 16.4 Å². The largest absolute Gasteiger partial charge is 0.324 e. The fourth-order valence-electron chi connectivity index (χ4n) is 2.34. The fourth-order valence-corrected chi connectivity index (χ4v) is 3.13. The highest BCUT2D eigenvalue weighted by atomic mass is 32.2. The Kier molecular flexibility index (Phi) is 3.23. The molecule has 1 aliphatic rings. The number of thioether (sulfide) groups is 1. The van der Waals surface area contributed by atoms with E-state index in [4.69, 9.17) is 0 Å². The van der Waals surface area contributed by atoms with Crippen molar-refractivity contribution in [3.8, 4) is 0 Å². The van der Waals surface area contributed by atoms with Gasteiger partial charge in [0, 0.05) is 22.7 Å². The first-order valence-electron chi connectivity index (χ1n) is 6.87. The standard InChI is InChI=1S/C15H11N5O2S/c21-14-8-23-11-2-1-9(7-10(11)18-14)15(22)19-13-3-5-16-12-4-6-17-20(12)13/h1-7H,8H2,(H,18,21)(H,19,22). The molecule has 8 heteroatoms. The van der Waals surface area contributed by atoms with E-state index in [1.807, 2.05) is 6.07 Å². The minimum Gasteiger partial charge on any atom is -0.324 e. The summed E-state index contributed by atoms with van der Waals surface area (Å²) < 4.78 is 1.55. The van der Waals surface area contributed by atoms with Crippen molar-refractivity contribution < 1.29 is 9.59 Å². The Morgan fingerprint density at radius 2 is 2.17 bits per heavy atom. The van der Waals surface area contributed by atoms with Crippen molar-refractivity contribution in [1.82, 2.24) is 14.6 Å². The summed E-state index contributed by atoms with van der Waals surface area (Å²) in [4.78, 5) is 29.0. The Hall–Kier alpha value is -2.87. The van der Waals surface area contributed by atoms with Gasteiger partial charge in [-0.15, -0.1) is 11.8 Å². The van der Waals surface area contributed by atoms with Crippen molar-refractivity contribution in [1.29, 1.82) is 0 Å². The molecule has 4 rings (SSSR count). The zero-order valence-corrected chi connectivity index (χ0v) is 12.6. The maximum atomic E-state index is 12.5. The van der Waals surface area contributed by atoms with E-state index in [2.05, 4.69) is 20.7 Å². The van der Waals surface area contributed by atoms with Crippen LogP contribution in [0, 0.1) is 0 Å². The van der Waals surface area contributed by atoms with Gasteiger partial charge in [-0.05, 0) is 24.3 Å².